The Labute approximate surface area is 99.7 Å². The number of nitriles is 1. The van der Waals surface area contributed by atoms with Gasteiger partial charge in [0.25, 0.3) is 0 Å². The van der Waals surface area contributed by atoms with E-state index in [1.54, 1.807) is 25.1 Å². The molecular formula is C12H14N2O3. The molecule has 0 radical (unpaired) electrons. The Morgan fingerprint density at radius 3 is 2.82 bits per heavy atom. The first-order valence-corrected chi connectivity index (χ1v) is 5.17. The van der Waals surface area contributed by atoms with Crippen molar-refractivity contribution in [3.05, 3.63) is 23.8 Å². The third-order valence-corrected chi connectivity index (χ3v) is 2.25. The van der Waals surface area contributed by atoms with Crippen LogP contribution < -0.4 is 10.5 Å². The molecule has 1 atom stereocenters. The van der Waals surface area contributed by atoms with E-state index in [9.17, 15) is 4.79 Å². The monoisotopic (exact) mass is 234 g/mol. The molecule has 1 aromatic rings. The van der Waals surface area contributed by atoms with Crippen molar-refractivity contribution in [2.75, 3.05) is 12.8 Å². The fourth-order valence-electron chi connectivity index (χ4n) is 1.33. The number of esters is 1. The predicted molar refractivity (Wildman–Crippen MR) is 62.5 cm³/mol. The van der Waals surface area contributed by atoms with Crippen molar-refractivity contribution in [2.45, 2.75) is 19.4 Å². The molecule has 17 heavy (non-hydrogen) atoms. The molecule has 1 rings (SSSR count). The quantitative estimate of drug-likeness (QED) is 0.633. The van der Waals surface area contributed by atoms with Crippen molar-refractivity contribution in [1.82, 2.24) is 0 Å². The summed E-state index contributed by atoms with van der Waals surface area (Å²) >= 11 is 0. The molecule has 0 aromatic heterocycles. The molecule has 0 bridgehead atoms. The van der Waals surface area contributed by atoms with Gasteiger partial charge in [0.2, 0.25) is 0 Å². The van der Waals surface area contributed by atoms with Crippen LogP contribution in [0.3, 0.4) is 0 Å². The number of nitrogens with zero attached hydrogens (tertiary/aromatic N) is 1. The second-order valence-corrected chi connectivity index (χ2v) is 3.36. The number of carbonyl (C=O) groups excluding carboxylic acids is 1. The van der Waals surface area contributed by atoms with Crippen LogP contribution >= 0.6 is 0 Å². The van der Waals surface area contributed by atoms with E-state index in [1.807, 2.05) is 6.07 Å². The fraction of sp³-hybridized carbons (Fsp3) is 0.333. The molecule has 0 aliphatic rings. The fourth-order valence-corrected chi connectivity index (χ4v) is 1.33. The van der Waals surface area contributed by atoms with Crippen LogP contribution in [0.15, 0.2) is 18.2 Å². The van der Waals surface area contributed by atoms with Crippen LogP contribution in [0.5, 0.6) is 5.75 Å². The zero-order chi connectivity index (χ0) is 12.8. The second kappa shape index (κ2) is 5.75. The van der Waals surface area contributed by atoms with Gasteiger partial charge in [0.05, 0.1) is 7.11 Å². The summed E-state index contributed by atoms with van der Waals surface area (Å²) < 4.78 is 10.0. The van der Waals surface area contributed by atoms with Crippen molar-refractivity contribution >= 4 is 11.7 Å². The molecule has 5 nitrogen and oxygen atoms in total. The normalized spacial score (nSPS) is 11.4. The van der Waals surface area contributed by atoms with E-state index in [1.165, 1.54) is 7.11 Å². The van der Waals surface area contributed by atoms with E-state index in [4.69, 9.17) is 20.5 Å². The highest BCUT2D eigenvalue weighted by molar-refractivity contribution is 5.98. The number of hydrogen-bond donors (Lipinski definition) is 1. The Balaban J connectivity index is 3.00. The number of hydrogen-bond acceptors (Lipinski definition) is 5. The lowest BCUT2D eigenvalue weighted by Crippen LogP contribution is -2.17. The molecule has 0 amide bonds. The lowest BCUT2D eigenvalue weighted by Gasteiger charge is -2.12. The Bertz CT molecular complexity index is 452. The van der Waals surface area contributed by atoms with Crippen LogP contribution in [-0.4, -0.2) is 19.2 Å². The van der Waals surface area contributed by atoms with Gasteiger partial charge in [-0.25, -0.2) is 4.79 Å². The number of ether oxygens (including phenoxy) is 2. The molecule has 1 aromatic carbocycles. The number of nitrogens with two attached hydrogens (primary N) is 1. The van der Waals surface area contributed by atoms with Crippen molar-refractivity contribution in [3.8, 4) is 11.8 Å². The highest BCUT2D eigenvalue weighted by Crippen LogP contribution is 2.25. The Hall–Kier alpha value is -2.22. The molecule has 1 unspecified atom stereocenters. The molecule has 90 valence electrons. The van der Waals surface area contributed by atoms with Crippen molar-refractivity contribution in [2.24, 2.45) is 0 Å². The molecule has 2 N–H and O–H groups in total. The maximum Gasteiger partial charge on any atom is 0.345 e. The second-order valence-electron chi connectivity index (χ2n) is 3.36. The van der Waals surface area contributed by atoms with Gasteiger partial charge >= 0.3 is 5.97 Å². The molecule has 0 fully saturated rings. The Morgan fingerprint density at radius 1 is 1.59 bits per heavy atom. The van der Waals surface area contributed by atoms with E-state index >= 15 is 0 Å². The summed E-state index contributed by atoms with van der Waals surface area (Å²) in [5, 5.41) is 8.73. The Morgan fingerprint density at radius 2 is 2.29 bits per heavy atom. The average molecular weight is 234 g/mol. The summed E-state index contributed by atoms with van der Waals surface area (Å²) in [6.45, 7) is 1.76. The molecule has 0 saturated heterocycles. The topological polar surface area (TPSA) is 85.3 Å². The standard InChI is InChI=1S/C12H14N2O3/c1-3-8(7-13)17-12(15)11-9(14)5-4-6-10(11)16-2/h4-6,8H,3,14H2,1-2H3. The minimum atomic E-state index is -0.771. The molecule has 0 heterocycles. The van der Waals surface area contributed by atoms with Gasteiger partial charge in [-0.3, -0.25) is 0 Å². The average Bonchev–Trinajstić information content (AvgIpc) is 2.35. The summed E-state index contributed by atoms with van der Waals surface area (Å²) in [5.41, 5.74) is 6.11. The smallest absolute Gasteiger partial charge is 0.345 e. The highest BCUT2D eigenvalue weighted by atomic mass is 16.5. The number of methoxy groups -OCH3 is 1. The van der Waals surface area contributed by atoms with Crippen molar-refractivity contribution < 1.29 is 14.3 Å². The van der Waals surface area contributed by atoms with Crippen molar-refractivity contribution in [3.63, 3.8) is 0 Å². The number of carbonyl (C=O) groups is 1. The summed E-state index contributed by atoms with van der Waals surface area (Å²) in [5.74, 6) is -0.309. The van der Waals surface area contributed by atoms with Crippen LogP contribution in [0, 0.1) is 11.3 Å². The van der Waals surface area contributed by atoms with Gasteiger partial charge in [-0.1, -0.05) is 13.0 Å². The van der Waals surface area contributed by atoms with E-state index < -0.39 is 12.1 Å². The van der Waals surface area contributed by atoms with Gasteiger partial charge in [-0.15, -0.1) is 0 Å². The highest BCUT2D eigenvalue weighted by Gasteiger charge is 2.20. The minimum Gasteiger partial charge on any atom is -0.496 e. The van der Waals surface area contributed by atoms with E-state index in [0.717, 1.165) is 0 Å². The first-order valence-electron chi connectivity index (χ1n) is 5.17. The van der Waals surface area contributed by atoms with Crippen LogP contribution in [0.25, 0.3) is 0 Å². The lowest BCUT2D eigenvalue weighted by molar-refractivity contribution is 0.0399. The summed E-state index contributed by atoms with van der Waals surface area (Å²) in [7, 11) is 1.44. The Kier molecular flexibility index (Phi) is 4.35. The van der Waals surface area contributed by atoms with Gasteiger partial charge < -0.3 is 15.2 Å². The summed E-state index contributed by atoms with van der Waals surface area (Å²) in [6, 6.07) is 6.75. The van der Waals surface area contributed by atoms with Gasteiger partial charge in [-0.2, -0.15) is 5.26 Å². The molecule has 0 spiro atoms. The minimum absolute atomic E-state index is 0.156. The van der Waals surface area contributed by atoms with Crippen LogP contribution in [0.2, 0.25) is 0 Å². The lowest BCUT2D eigenvalue weighted by atomic mass is 10.1. The number of rotatable bonds is 4. The maximum absolute atomic E-state index is 11.8. The number of nitrogen functional groups attached to an aromatic ring is 1. The van der Waals surface area contributed by atoms with Crippen LogP contribution in [-0.2, 0) is 4.74 Å². The number of benzene rings is 1. The molecule has 5 heteroatoms. The summed E-state index contributed by atoms with van der Waals surface area (Å²) in [6.07, 6.45) is -0.344. The third-order valence-electron chi connectivity index (χ3n) is 2.25. The van der Waals surface area contributed by atoms with E-state index in [-0.39, 0.29) is 11.3 Å². The molecular weight excluding hydrogens is 220 g/mol. The molecule has 0 aliphatic heterocycles. The molecule has 0 aliphatic carbocycles. The third kappa shape index (κ3) is 2.88. The molecule has 0 saturated carbocycles. The van der Waals surface area contributed by atoms with Gasteiger partial charge in [0.15, 0.2) is 6.10 Å². The van der Waals surface area contributed by atoms with Crippen LogP contribution in [0.4, 0.5) is 5.69 Å². The predicted octanol–water partition coefficient (Wildman–Crippen LogP) is 1.74. The first kappa shape index (κ1) is 12.8. The number of anilines is 1. The van der Waals surface area contributed by atoms with Gasteiger partial charge in [0.1, 0.15) is 17.4 Å². The van der Waals surface area contributed by atoms with E-state index in [0.29, 0.717) is 12.2 Å². The SMILES string of the molecule is CCC(C#N)OC(=O)c1c(N)cccc1OC. The largest absolute Gasteiger partial charge is 0.496 e. The maximum atomic E-state index is 11.8. The zero-order valence-corrected chi connectivity index (χ0v) is 9.77. The first-order chi connectivity index (χ1) is 8.13. The zero-order valence-electron chi connectivity index (χ0n) is 9.77. The van der Waals surface area contributed by atoms with Crippen molar-refractivity contribution in [1.29, 1.82) is 5.26 Å². The summed E-state index contributed by atoms with van der Waals surface area (Å²) in [4.78, 5) is 11.8. The van der Waals surface area contributed by atoms with Gasteiger partial charge in [-0.05, 0) is 18.6 Å². The van der Waals surface area contributed by atoms with E-state index in [2.05, 4.69) is 0 Å². The van der Waals surface area contributed by atoms with Crippen LogP contribution in [0.1, 0.15) is 23.7 Å². The van der Waals surface area contributed by atoms with Gasteiger partial charge in [0, 0.05) is 5.69 Å².